The Labute approximate surface area is 150 Å². The molecule has 0 saturated carbocycles. The van der Waals surface area contributed by atoms with E-state index < -0.39 is 11.8 Å². The predicted octanol–water partition coefficient (Wildman–Crippen LogP) is 3.22. The van der Waals surface area contributed by atoms with Crippen LogP contribution in [-0.4, -0.2) is 24.6 Å². The van der Waals surface area contributed by atoms with Crippen molar-refractivity contribution in [1.29, 1.82) is 0 Å². The van der Waals surface area contributed by atoms with E-state index in [4.69, 9.17) is 16.3 Å². The molecule has 0 radical (unpaired) electrons. The fourth-order valence-corrected chi connectivity index (χ4v) is 2.05. The molecule has 2 N–H and O–H groups in total. The molecule has 2 rings (SSSR count). The number of ether oxygens (including phenoxy) is 1. The van der Waals surface area contributed by atoms with Crippen LogP contribution in [-0.2, 0) is 9.59 Å². The largest absolute Gasteiger partial charge is 0.494 e. The van der Waals surface area contributed by atoms with Gasteiger partial charge in [-0.25, -0.2) is 5.43 Å². The van der Waals surface area contributed by atoms with Crippen LogP contribution in [0.2, 0.25) is 5.02 Å². The molecule has 7 heteroatoms. The Kier molecular flexibility index (Phi) is 6.98. The molecule has 6 nitrogen and oxygen atoms in total. The highest BCUT2D eigenvalue weighted by Gasteiger charge is 2.14. The van der Waals surface area contributed by atoms with Crippen molar-refractivity contribution in [2.24, 2.45) is 5.10 Å². The Balaban J connectivity index is 1.89. The van der Waals surface area contributed by atoms with Gasteiger partial charge in [-0.1, -0.05) is 42.8 Å². The number of halogens is 1. The third-order valence-electron chi connectivity index (χ3n) is 3.04. The molecule has 2 amide bonds. The van der Waals surface area contributed by atoms with Gasteiger partial charge in [0.25, 0.3) is 0 Å². The number of hydrogen-bond acceptors (Lipinski definition) is 4. The second kappa shape index (κ2) is 9.44. The van der Waals surface area contributed by atoms with E-state index in [1.165, 1.54) is 6.21 Å². The second-order valence-electron chi connectivity index (χ2n) is 5.05. The lowest BCUT2D eigenvalue weighted by molar-refractivity contribution is -0.136. The van der Waals surface area contributed by atoms with Crippen molar-refractivity contribution in [3.63, 3.8) is 0 Å². The molecule has 2 aromatic rings. The van der Waals surface area contributed by atoms with Crippen molar-refractivity contribution in [2.75, 3.05) is 11.9 Å². The van der Waals surface area contributed by atoms with E-state index >= 15 is 0 Å². The molecule has 0 spiro atoms. The van der Waals surface area contributed by atoms with E-state index in [0.29, 0.717) is 23.1 Å². The number of carbonyl (C=O) groups is 2. The Morgan fingerprint density at radius 3 is 2.72 bits per heavy atom. The molecule has 0 saturated heterocycles. The Bertz CT molecular complexity index is 778. The third-order valence-corrected chi connectivity index (χ3v) is 3.37. The molecule has 0 fully saturated rings. The minimum absolute atomic E-state index is 0.344. The maximum atomic E-state index is 11.8. The summed E-state index contributed by atoms with van der Waals surface area (Å²) in [5.41, 5.74) is 3.26. The fourth-order valence-electron chi connectivity index (χ4n) is 1.86. The van der Waals surface area contributed by atoms with Crippen LogP contribution in [0.4, 0.5) is 5.69 Å². The fraction of sp³-hybridized carbons (Fsp3) is 0.167. The van der Waals surface area contributed by atoms with Crippen LogP contribution in [0.25, 0.3) is 0 Å². The summed E-state index contributed by atoms with van der Waals surface area (Å²) in [5, 5.41) is 6.53. The maximum absolute atomic E-state index is 11.8. The number of hydrazone groups is 1. The lowest BCUT2D eigenvalue weighted by Gasteiger charge is -2.06. The van der Waals surface area contributed by atoms with Crippen LogP contribution in [0, 0.1) is 0 Å². The summed E-state index contributed by atoms with van der Waals surface area (Å²) in [7, 11) is 0. The van der Waals surface area contributed by atoms with Crippen LogP contribution >= 0.6 is 11.6 Å². The summed E-state index contributed by atoms with van der Waals surface area (Å²) in [6.45, 7) is 2.65. The SMILES string of the molecule is CCCOc1cccc(/C=N\NC(=O)C(=O)Nc2ccccc2Cl)c1. The van der Waals surface area contributed by atoms with E-state index in [2.05, 4.69) is 15.8 Å². The van der Waals surface area contributed by atoms with Gasteiger partial charge in [0.1, 0.15) is 5.75 Å². The highest BCUT2D eigenvalue weighted by molar-refractivity contribution is 6.41. The van der Waals surface area contributed by atoms with Crippen LogP contribution < -0.4 is 15.5 Å². The van der Waals surface area contributed by atoms with Crippen LogP contribution in [0.1, 0.15) is 18.9 Å². The summed E-state index contributed by atoms with van der Waals surface area (Å²) in [6, 6.07) is 13.9. The molecule has 0 aliphatic heterocycles. The lowest BCUT2D eigenvalue weighted by atomic mass is 10.2. The predicted molar refractivity (Wildman–Crippen MR) is 98.0 cm³/mol. The van der Waals surface area contributed by atoms with Crippen LogP contribution in [0.15, 0.2) is 53.6 Å². The molecular formula is C18H18ClN3O3. The highest BCUT2D eigenvalue weighted by atomic mass is 35.5. The van der Waals surface area contributed by atoms with Gasteiger partial charge in [-0.15, -0.1) is 0 Å². The molecule has 0 bridgehead atoms. The van der Waals surface area contributed by atoms with Crippen molar-refractivity contribution in [2.45, 2.75) is 13.3 Å². The first-order chi connectivity index (χ1) is 12.1. The smallest absolute Gasteiger partial charge is 0.329 e. The topological polar surface area (TPSA) is 79.8 Å². The van der Waals surface area contributed by atoms with Gasteiger partial charge in [-0.2, -0.15) is 5.10 Å². The number of amides is 2. The zero-order valence-electron chi connectivity index (χ0n) is 13.7. The van der Waals surface area contributed by atoms with E-state index in [1.54, 1.807) is 36.4 Å². The molecule has 0 atom stereocenters. The molecule has 0 aliphatic rings. The lowest BCUT2D eigenvalue weighted by Crippen LogP contribution is -2.32. The van der Waals surface area contributed by atoms with Gasteiger partial charge in [0.15, 0.2) is 0 Å². The van der Waals surface area contributed by atoms with Crippen LogP contribution in [0.5, 0.6) is 5.75 Å². The highest BCUT2D eigenvalue weighted by Crippen LogP contribution is 2.20. The molecule has 2 aromatic carbocycles. The quantitative estimate of drug-likeness (QED) is 0.472. The van der Waals surface area contributed by atoms with E-state index in [1.807, 2.05) is 19.1 Å². The van der Waals surface area contributed by atoms with Gasteiger partial charge < -0.3 is 10.1 Å². The van der Waals surface area contributed by atoms with E-state index in [9.17, 15) is 9.59 Å². The number of benzene rings is 2. The van der Waals surface area contributed by atoms with E-state index in [0.717, 1.165) is 12.0 Å². The van der Waals surface area contributed by atoms with Crippen LogP contribution in [0.3, 0.4) is 0 Å². The molecule has 25 heavy (non-hydrogen) atoms. The summed E-state index contributed by atoms with van der Waals surface area (Å²) >= 11 is 5.92. The molecule has 0 aromatic heterocycles. The normalized spacial score (nSPS) is 10.5. The monoisotopic (exact) mass is 359 g/mol. The van der Waals surface area contributed by atoms with Crippen molar-refractivity contribution in [1.82, 2.24) is 5.43 Å². The summed E-state index contributed by atoms with van der Waals surface area (Å²) in [5.74, 6) is -1.03. The summed E-state index contributed by atoms with van der Waals surface area (Å²) < 4.78 is 5.51. The first-order valence-corrected chi connectivity index (χ1v) is 8.09. The number of carbonyl (C=O) groups excluding carboxylic acids is 2. The number of nitrogens with one attached hydrogen (secondary N) is 2. The zero-order chi connectivity index (χ0) is 18.1. The number of hydrogen-bond donors (Lipinski definition) is 2. The summed E-state index contributed by atoms with van der Waals surface area (Å²) in [6.07, 6.45) is 2.34. The van der Waals surface area contributed by atoms with Gasteiger partial charge in [-0.05, 0) is 36.2 Å². The van der Waals surface area contributed by atoms with Gasteiger partial charge in [0.2, 0.25) is 0 Å². The van der Waals surface area contributed by atoms with E-state index in [-0.39, 0.29) is 0 Å². The minimum atomic E-state index is -0.894. The Hall–Kier alpha value is -2.86. The number of rotatable bonds is 6. The first-order valence-electron chi connectivity index (χ1n) is 7.72. The van der Waals surface area contributed by atoms with Crippen molar-refractivity contribution in [3.05, 3.63) is 59.1 Å². The Morgan fingerprint density at radius 2 is 1.96 bits per heavy atom. The third kappa shape index (κ3) is 5.93. The van der Waals surface area contributed by atoms with Crippen molar-refractivity contribution < 1.29 is 14.3 Å². The summed E-state index contributed by atoms with van der Waals surface area (Å²) in [4.78, 5) is 23.6. The van der Waals surface area contributed by atoms with Crippen molar-refractivity contribution in [3.8, 4) is 5.75 Å². The zero-order valence-corrected chi connectivity index (χ0v) is 14.4. The molecule has 130 valence electrons. The van der Waals surface area contributed by atoms with Gasteiger partial charge in [0.05, 0.1) is 23.5 Å². The van der Waals surface area contributed by atoms with Gasteiger partial charge in [-0.3, -0.25) is 9.59 Å². The average Bonchev–Trinajstić information content (AvgIpc) is 2.62. The number of para-hydroxylation sites is 1. The molecule has 0 aliphatic carbocycles. The number of nitrogens with zero attached hydrogens (tertiary/aromatic N) is 1. The molecule has 0 unspecified atom stereocenters. The molecular weight excluding hydrogens is 342 g/mol. The minimum Gasteiger partial charge on any atom is -0.494 e. The van der Waals surface area contributed by atoms with Gasteiger partial charge in [0, 0.05) is 0 Å². The number of anilines is 1. The van der Waals surface area contributed by atoms with Crippen molar-refractivity contribution >= 4 is 35.3 Å². The Morgan fingerprint density at radius 1 is 1.16 bits per heavy atom. The standard InChI is InChI=1S/C18H18ClN3O3/c1-2-10-25-14-7-5-6-13(11-14)12-20-22-18(24)17(23)21-16-9-4-3-8-15(16)19/h3-9,11-12H,2,10H2,1H3,(H,21,23)(H,22,24)/b20-12-. The van der Waals surface area contributed by atoms with Gasteiger partial charge >= 0.3 is 11.8 Å². The maximum Gasteiger partial charge on any atom is 0.329 e. The first kappa shape index (κ1) is 18.5. The average molecular weight is 360 g/mol. The molecule has 0 heterocycles. The second-order valence-corrected chi connectivity index (χ2v) is 5.46.